The van der Waals surface area contributed by atoms with Gasteiger partial charge in [0.05, 0.1) is 0 Å². The lowest BCUT2D eigenvalue weighted by atomic mass is 10.2. The van der Waals surface area contributed by atoms with Crippen LogP contribution in [0.2, 0.25) is 0 Å². The van der Waals surface area contributed by atoms with Crippen molar-refractivity contribution in [1.29, 1.82) is 0 Å². The van der Waals surface area contributed by atoms with Gasteiger partial charge in [-0.2, -0.15) is 5.53 Å². The van der Waals surface area contributed by atoms with Gasteiger partial charge in [-0.1, -0.05) is 12.8 Å². The van der Waals surface area contributed by atoms with Gasteiger partial charge in [0.25, 0.3) is 5.97 Å². The molecule has 0 saturated carbocycles. The second-order valence-electron chi connectivity index (χ2n) is 2.91. The predicted octanol–water partition coefficient (Wildman–Crippen LogP) is 0.250. The highest BCUT2D eigenvalue weighted by molar-refractivity contribution is 5.62. The molecule has 0 radical (unpaired) electrons. The van der Waals surface area contributed by atoms with Gasteiger partial charge in [-0.15, -0.1) is 0 Å². The zero-order chi connectivity index (χ0) is 9.94. The van der Waals surface area contributed by atoms with Crippen LogP contribution in [0.3, 0.4) is 0 Å². The van der Waals surface area contributed by atoms with Crippen molar-refractivity contribution in [2.45, 2.75) is 32.6 Å². The number of hydrazine groups is 2. The average molecular weight is 189 g/mol. The summed E-state index contributed by atoms with van der Waals surface area (Å²) in [6.07, 6.45) is 5.29. The lowest BCUT2D eigenvalue weighted by Gasteiger charge is -2.03. The van der Waals surface area contributed by atoms with Crippen molar-refractivity contribution in [2.24, 2.45) is 0 Å². The SMILES string of the molecule is C1CCCNNNCC1.CC(=O)O. The fourth-order valence-corrected chi connectivity index (χ4v) is 0.968. The van der Waals surface area contributed by atoms with Gasteiger partial charge in [-0.05, 0) is 12.8 Å². The van der Waals surface area contributed by atoms with Crippen LogP contribution in [0, 0.1) is 0 Å². The van der Waals surface area contributed by atoms with Crippen molar-refractivity contribution < 1.29 is 9.90 Å². The maximum absolute atomic E-state index is 9.00. The van der Waals surface area contributed by atoms with Crippen LogP contribution in [-0.2, 0) is 4.79 Å². The predicted molar refractivity (Wildman–Crippen MR) is 50.9 cm³/mol. The van der Waals surface area contributed by atoms with Gasteiger partial charge in [-0.3, -0.25) is 4.79 Å². The zero-order valence-corrected chi connectivity index (χ0v) is 8.10. The molecule has 0 bridgehead atoms. The molecule has 1 rings (SSSR count). The van der Waals surface area contributed by atoms with Crippen LogP contribution in [0.15, 0.2) is 0 Å². The molecule has 4 N–H and O–H groups in total. The minimum Gasteiger partial charge on any atom is -0.481 e. The molecule has 0 atom stereocenters. The Morgan fingerprint density at radius 3 is 1.85 bits per heavy atom. The molecule has 1 aliphatic heterocycles. The summed E-state index contributed by atoms with van der Waals surface area (Å²) in [7, 11) is 0. The first-order chi connectivity index (χ1) is 6.23. The van der Waals surface area contributed by atoms with Crippen LogP contribution in [-0.4, -0.2) is 24.2 Å². The number of hydrogen-bond donors (Lipinski definition) is 4. The molecular weight excluding hydrogens is 170 g/mol. The van der Waals surface area contributed by atoms with Crippen molar-refractivity contribution in [3.63, 3.8) is 0 Å². The Bertz CT molecular complexity index is 98.0. The molecule has 0 aromatic heterocycles. The Morgan fingerprint density at radius 2 is 1.46 bits per heavy atom. The van der Waals surface area contributed by atoms with Gasteiger partial charge >= 0.3 is 0 Å². The lowest BCUT2D eigenvalue weighted by molar-refractivity contribution is -0.134. The summed E-state index contributed by atoms with van der Waals surface area (Å²) in [4.78, 5) is 9.00. The summed E-state index contributed by atoms with van der Waals surface area (Å²) in [5.41, 5.74) is 9.06. The second-order valence-corrected chi connectivity index (χ2v) is 2.91. The normalized spacial score (nSPS) is 18.5. The number of carboxylic acids is 1. The first-order valence-electron chi connectivity index (χ1n) is 4.63. The van der Waals surface area contributed by atoms with Crippen molar-refractivity contribution in [3.05, 3.63) is 0 Å². The van der Waals surface area contributed by atoms with Gasteiger partial charge in [0, 0.05) is 20.0 Å². The quantitative estimate of drug-likeness (QED) is 0.439. The molecule has 1 aliphatic rings. The van der Waals surface area contributed by atoms with E-state index in [1.54, 1.807) is 0 Å². The van der Waals surface area contributed by atoms with E-state index < -0.39 is 5.97 Å². The summed E-state index contributed by atoms with van der Waals surface area (Å²) in [5, 5.41) is 7.42. The van der Waals surface area contributed by atoms with Crippen LogP contribution in [0.25, 0.3) is 0 Å². The van der Waals surface area contributed by atoms with E-state index in [2.05, 4.69) is 16.4 Å². The highest BCUT2D eigenvalue weighted by Gasteiger charge is 1.92. The summed E-state index contributed by atoms with van der Waals surface area (Å²) in [6, 6.07) is 0. The molecule has 0 aromatic rings. The third kappa shape index (κ3) is 14.2. The third-order valence-electron chi connectivity index (χ3n) is 1.53. The van der Waals surface area contributed by atoms with E-state index in [9.17, 15) is 0 Å². The first-order valence-corrected chi connectivity index (χ1v) is 4.63. The standard InChI is InChI=1S/C6H15N3.C2H4O2/c1-2-4-6-8-9-7-5-3-1;1-2(3)4/h7-9H,1-6H2;1H3,(H,3,4). The monoisotopic (exact) mass is 189 g/mol. The van der Waals surface area contributed by atoms with Crippen LogP contribution in [0.4, 0.5) is 0 Å². The summed E-state index contributed by atoms with van der Waals surface area (Å²) >= 11 is 0. The Kier molecular flexibility index (Phi) is 8.97. The highest BCUT2D eigenvalue weighted by Crippen LogP contribution is 1.97. The molecule has 0 spiro atoms. The van der Waals surface area contributed by atoms with E-state index in [4.69, 9.17) is 9.90 Å². The van der Waals surface area contributed by atoms with Gasteiger partial charge < -0.3 is 5.11 Å². The average Bonchev–Trinajstić information content (AvgIpc) is 2.16. The van der Waals surface area contributed by atoms with E-state index in [1.165, 1.54) is 25.7 Å². The summed E-state index contributed by atoms with van der Waals surface area (Å²) < 4.78 is 0. The van der Waals surface area contributed by atoms with Crippen molar-refractivity contribution >= 4 is 5.97 Å². The minimum absolute atomic E-state index is 0.833. The number of rotatable bonds is 0. The van der Waals surface area contributed by atoms with Crippen molar-refractivity contribution in [2.75, 3.05) is 13.1 Å². The number of nitrogens with one attached hydrogen (secondary N) is 3. The van der Waals surface area contributed by atoms with Gasteiger partial charge in [-0.25, -0.2) is 10.9 Å². The van der Waals surface area contributed by atoms with Crippen LogP contribution < -0.4 is 16.4 Å². The molecule has 1 saturated heterocycles. The molecule has 0 aliphatic carbocycles. The minimum atomic E-state index is -0.833. The van der Waals surface area contributed by atoms with Gasteiger partial charge in [0.2, 0.25) is 0 Å². The molecule has 5 nitrogen and oxygen atoms in total. The zero-order valence-electron chi connectivity index (χ0n) is 8.10. The van der Waals surface area contributed by atoms with Crippen LogP contribution >= 0.6 is 0 Å². The molecular formula is C8H19N3O2. The Labute approximate surface area is 78.8 Å². The maximum Gasteiger partial charge on any atom is 0.300 e. The molecule has 1 heterocycles. The molecule has 5 heteroatoms. The smallest absolute Gasteiger partial charge is 0.300 e. The second kappa shape index (κ2) is 9.44. The number of aliphatic carboxylic acids is 1. The summed E-state index contributed by atoms with van der Waals surface area (Å²) in [6.45, 7) is 3.24. The van der Waals surface area contributed by atoms with Gasteiger partial charge in [0.15, 0.2) is 0 Å². The molecule has 0 aromatic carbocycles. The number of hydrogen-bond acceptors (Lipinski definition) is 4. The van der Waals surface area contributed by atoms with Crippen molar-refractivity contribution in [3.8, 4) is 0 Å². The maximum atomic E-state index is 9.00. The van der Waals surface area contributed by atoms with E-state index >= 15 is 0 Å². The topological polar surface area (TPSA) is 73.4 Å². The van der Waals surface area contributed by atoms with Gasteiger partial charge in [0.1, 0.15) is 0 Å². The van der Waals surface area contributed by atoms with E-state index in [0.29, 0.717) is 0 Å². The molecule has 78 valence electrons. The number of carbonyl (C=O) groups is 1. The Balaban J connectivity index is 0.000000310. The fraction of sp³-hybridized carbons (Fsp3) is 0.875. The molecule has 0 unspecified atom stereocenters. The van der Waals surface area contributed by atoms with Crippen LogP contribution in [0.1, 0.15) is 32.6 Å². The molecule has 0 amide bonds. The van der Waals surface area contributed by atoms with Crippen LogP contribution in [0.5, 0.6) is 0 Å². The van der Waals surface area contributed by atoms with E-state index in [-0.39, 0.29) is 0 Å². The fourth-order valence-electron chi connectivity index (χ4n) is 0.968. The van der Waals surface area contributed by atoms with E-state index in [1.807, 2.05) is 0 Å². The Hall–Kier alpha value is -0.650. The third-order valence-corrected chi connectivity index (χ3v) is 1.53. The first kappa shape index (κ1) is 12.3. The highest BCUT2D eigenvalue weighted by atomic mass is 16.4. The summed E-state index contributed by atoms with van der Waals surface area (Å²) in [5.74, 6) is -0.833. The molecule has 1 fully saturated rings. The Morgan fingerprint density at radius 1 is 1.08 bits per heavy atom. The largest absolute Gasteiger partial charge is 0.481 e. The van der Waals surface area contributed by atoms with E-state index in [0.717, 1.165) is 20.0 Å². The molecule has 13 heavy (non-hydrogen) atoms. The van der Waals surface area contributed by atoms with Crippen molar-refractivity contribution in [1.82, 2.24) is 16.4 Å². The lowest BCUT2D eigenvalue weighted by Crippen LogP contribution is -2.43. The number of carboxylic acid groups (broad SMARTS) is 1.